The van der Waals surface area contributed by atoms with Crippen molar-refractivity contribution < 1.29 is 17.9 Å². The van der Waals surface area contributed by atoms with Gasteiger partial charge in [0.15, 0.2) is 6.10 Å². The number of amides is 1. The Morgan fingerprint density at radius 3 is 2.42 bits per heavy atom. The Morgan fingerprint density at radius 1 is 1.00 bits per heavy atom. The van der Waals surface area contributed by atoms with Gasteiger partial charge in [-0.2, -0.15) is 0 Å². The average Bonchev–Trinajstić information content (AvgIpc) is 2.80. The lowest BCUT2D eigenvalue weighted by atomic mass is 10.1. The summed E-state index contributed by atoms with van der Waals surface area (Å²) in [6, 6.07) is 22.4. The van der Waals surface area contributed by atoms with Crippen molar-refractivity contribution in [1.82, 2.24) is 5.32 Å². The highest BCUT2D eigenvalue weighted by Crippen LogP contribution is 2.36. The molecule has 31 heavy (non-hydrogen) atoms. The molecule has 3 aromatic rings. The Balaban J connectivity index is 1.51. The molecular formula is C23H21ClN2O4S. The van der Waals surface area contributed by atoms with Crippen LogP contribution in [0.1, 0.15) is 5.56 Å². The highest BCUT2D eigenvalue weighted by Gasteiger charge is 2.37. The number of para-hydroxylation sites is 2. The molecule has 0 spiro atoms. The van der Waals surface area contributed by atoms with Crippen LogP contribution in [0.15, 0.2) is 83.8 Å². The van der Waals surface area contributed by atoms with Gasteiger partial charge in [0, 0.05) is 11.6 Å². The van der Waals surface area contributed by atoms with E-state index in [2.05, 4.69) is 5.32 Å². The molecule has 1 amide bonds. The van der Waals surface area contributed by atoms with Crippen molar-refractivity contribution in [3.05, 3.63) is 89.4 Å². The molecule has 0 fully saturated rings. The van der Waals surface area contributed by atoms with Gasteiger partial charge < -0.3 is 10.1 Å². The summed E-state index contributed by atoms with van der Waals surface area (Å²) in [5.74, 6) is -0.0113. The zero-order valence-corrected chi connectivity index (χ0v) is 18.1. The van der Waals surface area contributed by atoms with Crippen molar-refractivity contribution in [2.45, 2.75) is 17.4 Å². The Kier molecular flexibility index (Phi) is 6.15. The maximum Gasteiger partial charge on any atom is 0.264 e. The Labute approximate surface area is 186 Å². The van der Waals surface area contributed by atoms with Crippen LogP contribution in [0.2, 0.25) is 5.02 Å². The average molecular weight is 457 g/mol. The molecule has 1 aliphatic heterocycles. The molecule has 160 valence electrons. The van der Waals surface area contributed by atoms with Crippen LogP contribution in [0.5, 0.6) is 5.75 Å². The molecule has 8 heteroatoms. The topological polar surface area (TPSA) is 75.7 Å². The molecular weight excluding hydrogens is 436 g/mol. The summed E-state index contributed by atoms with van der Waals surface area (Å²) in [5, 5.41) is 3.49. The largest absolute Gasteiger partial charge is 0.476 e. The van der Waals surface area contributed by atoms with Crippen LogP contribution < -0.4 is 14.4 Å². The molecule has 1 aliphatic rings. The zero-order chi connectivity index (χ0) is 21.8. The van der Waals surface area contributed by atoms with Gasteiger partial charge in [-0.1, -0.05) is 54.1 Å². The summed E-state index contributed by atoms with van der Waals surface area (Å²) < 4.78 is 33.6. The van der Waals surface area contributed by atoms with Gasteiger partial charge in [-0.3, -0.25) is 9.10 Å². The van der Waals surface area contributed by atoms with E-state index in [1.807, 2.05) is 12.1 Å². The summed E-state index contributed by atoms with van der Waals surface area (Å²) in [7, 11) is -3.85. The van der Waals surface area contributed by atoms with Gasteiger partial charge in [0.1, 0.15) is 5.75 Å². The standard InChI is InChI=1S/C23H21ClN2O4S/c24-18-12-10-17(11-13-18)14-15-25-23(27)22-16-26(20-8-4-5-9-21(20)30-22)31(28,29)19-6-2-1-3-7-19/h1-13,22H,14-16H2,(H,25,27). The molecule has 0 aromatic heterocycles. The molecule has 0 radical (unpaired) electrons. The fourth-order valence-electron chi connectivity index (χ4n) is 3.38. The molecule has 0 bridgehead atoms. The first kappa shape index (κ1) is 21.2. The predicted octanol–water partition coefficient (Wildman–Crippen LogP) is 3.66. The molecule has 3 aromatic carbocycles. The number of halogens is 1. The summed E-state index contributed by atoms with van der Waals surface area (Å²) in [6.07, 6.45) is -0.336. The van der Waals surface area contributed by atoms with Crippen LogP contribution in [0, 0.1) is 0 Å². The number of sulfonamides is 1. The highest BCUT2D eigenvalue weighted by atomic mass is 35.5. The van der Waals surface area contributed by atoms with Gasteiger partial charge in [0.25, 0.3) is 15.9 Å². The number of hydrogen-bond acceptors (Lipinski definition) is 4. The van der Waals surface area contributed by atoms with Crippen LogP contribution in [0.3, 0.4) is 0 Å². The lowest BCUT2D eigenvalue weighted by Gasteiger charge is -2.34. The van der Waals surface area contributed by atoms with Crippen molar-refractivity contribution in [3.63, 3.8) is 0 Å². The number of fused-ring (bicyclic) bond motifs is 1. The quantitative estimate of drug-likeness (QED) is 0.614. The van der Waals surface area contributed by atoms with Crippen molar-refractivity contribution in [1.29, 1.82) is 0 Å². The van der Waals surface area contributed by atoms with E-state index in [0.717, 1.165) is 5.56 Å². The predicted molar refractivity (Wildman–Crippen MR) is 120 cm³/mol. The van der Waals surface area contributed by atoms with E-state index in [-0.39, 0.29) is 17.3 Å². The molecule has 6 nitrogen and oxygen atoms in total. The lowest BCUT2D eigenvalue weighted by molar-refractivity contribution is -0.127. The molecule has 1 heterocycles. The Morgan fingerprint density at radius 2 is 1.68 bits per heavy atom. The molecule has 1 atom stereocenters. The third-order valence-electron chi connectivity index (χ3n) is 4.98. The van der Waals surface area contributed by atoms with Gasteiger partial charge in [0.05, 0.1) is 17.1 Å². The summed E-state index contributed by atoms with van der Waals surface area (Å²) >= 11 is 5.89. The van der Waals surface area contributed by atoms with Gasteiger partial charge in [-0.05, 0) is 48.4 Å². The normalized spacial score (nSPS) is 15.6. The number of anilines is 1. The van der Waals surface area contributed by atoms with E-state index in [9.17, 15) is 13.2 Å². The minimum absolute atomic E-state index is 0.110. The minimum atomic E-state index is -3.85. The first-order valence-electron chi connectivity index (χ1n) is 9.81. The SMILES string of the molecule is O=C(NCCc1ccc(Cl)cc1)C1CN(S(=O)(=O)c2ccccc2)c2ccccc2O1. The number of rotatable bonds is 6. The number of benzene rings is 3. The second kappa shape index (κ2) is 8.99. The Hall–Kier alpha value is -3.03. The van der Waals surface area contributed by atoms with Gasteiger partial charge in [-0.15, -0.1) is 0 Å². The van der Waals surface area contributed by atoms with E-state index in [1.54, 1.807) is 54.6 Å². The zero-order valence-electron chi connectivity index (χ0n) is 16.6. The van der Waals surface area contributed by atoms with Gasteiger partial charge >= 0.3 is 0 Å². The Bertz CT molecular complexity index is 1170. The van der Waals surface area contributed by atoms with Crippen molar-refractivity contribution in [3.8, 4) is 5.75 Å². The van der Waals surface area contributed by atoms with Gasteiger partial charge in [-0.25, -0.2) is 8.42 Å². The molecule has 4 rings (SSSR count). The molecule has 0 aliphatic carbocycles. The number of nitrogens with zero attached hydrogens (tertiary/aromatic N) is 1. The van der Waals surface area contributed by atoms with Crippen molar-refractivity contribution in [2.75, 3.05) is 17.4 Å². The van der Waals surface area contributed by atoms with Crippen LogP contribution in [-0.2, 0) is 21.2 Å². The number of carbonyl (C=O) groups is 1. The van der Waals surface area contributed by atoms with Crippen molar-refractivity contribution in [2.24, 2.45) is 0 Å². The molecule has 0 saturated carbocycles. The summed E-state index contributed by atoms with van der Waals surface area (Å²) in [5.41, 5.74) is 1.45. The van der Waals surface area contributed by atoms with E-state index < -0.39 is 16.1 Å². The van der Waals surface area contributed by atoms with Crippen molar-refractivity contribution >= 4 is 33.2 Å². The fourth-order valence-corrected chi connectivity index (χ4v) is 5.00. The second-order valence-corrected chi connectivity index (χ2v) is 9.39. The summed E-state index contributed by atoms with van der Waals surface area (Å²) in [4.78, 5) is 12.9. The second-order valence-electron chi connectivity index (χ2n) is 7.09. The number of ether oxygens (including phenoxy) is 1. The van der Waals surface area contributed by atoms with E-state index in [1.165, 1.54) is 16.4 Å². The number of hydrogen-bond donors (Lipinski definition) is 1. The summed E-state index contributed by atoms with van der Waals surface area (Å²) in [6.45, 7) is 0.286. The van der Waals surface area contributed by atoms with Gasteiger partial charge in [0.2, 0.25) is 0 Å². The van der Waals surface area contributed by atoms with E-state index >= 15 is 0 Å². The smallest absolute Gasteiger partial charge is 0.264 e. The third kappa shape index (κ3) is 4.68. The van der Waals surface area contributed by atoms with Crippen LogP contribution >= 0.6 is 11.6 Å². The van der Waals surface area contributed by atoms with E-state index in [0.29, 0.717) is 29.4 Å². The minimum Gasteiger partial charge on any atom is -0.476 e. The van der Waals surface area contributed by atoms with Crippen LogP contribution in [0.4, 0.5) is 5.69 Å². The first-order valence-corrected chi connectivity index (χ1v) is 11.6. The molecule has 1 N–H and O–H groups in total. The maximum atomic E-state index is 13.3. The van der Waals surface area contributed by atoms with Crippen LogP contribution in [-0.4, -0.2) is 33.5 Å². The molecule has 0 saturated heterocycles. The number of nitrogens with one attached hydrogen (secondary N) is 1. The monoisotopic (exact) mass is 456 g/mol. The molecule has 1 unspecified atom stereocenters. The maximum absolute atomic E-state index is 13.3. The highest BCUT2D eigenvalue weighted by molar-refractivity contribution is 7.92. The van der Waals surface area contributed by atoms with Crippen LogP contribution in [0.25, 0.3) is 0 Å². The lowest BCUT2D eigenvalue weighted by Crippen LogP contribution is -2.50. The number of carbonyl (C=O) groups excluding carboxylic acids is 1. The van der Waals surface area contributed by atoms with E-state index in [4.69, 9.17) is 16.3 Å². The fraction of sp³-hybridized carbons (Fsp3) is 0.174. The first-order chi connectivity index (χ1) is 14.9. The third-order valence-corrected chi connectivity index (χ3v) is 7.03.